The lowest BCUT2D eigenvalue weighted by Gasteiger charge is -2.23. The second kappa shape index (κ2) is 11.5. The number of fused-ring (bicyclic) bond motifs is 1. The van der Waals surface area contributed by atoms with Gasteiger partial charge in [-0.05, 0) is 49.9 Å². The van der Waals surface area contributed by atoms with E-state index in [-0.39, 0.29) is 29.8 Å². The molecule has 1 aliphatic rings. The maximum Gasteiger partial charge on any atom is 0.287 e. The average Bonchev–Trinajstić information content (AvgIpc) is 3.20. The molecule has 2 amide bonds. The van der Waals surface area contributed by atoms with Crippen LogP contribution in [0.25, 0.3) is 11.0 Å². The Morgan fingerprint density at radius 2 is 1.89 bits per heavy atom. The number of Topliss-reactive ketones (excluding diaryl/α,β-unsaturated/α-hetero) is 1. The van der Waals surface area contributed by atoms with Crippen molar-refractivity contribution in [1.29, 1.82) is 0 Å². The van der Waals surface area contributed by atoms with Gasteiger partial charge in [0.1, 0.15) is 17.4 Å². The number of nitrogens with zero attached hydrogens (tertiary/aromatic N) is 1. The highest BCUT2D eigenvalue weighted by molar-refractivity contribution is 5.99. The third kappa shape index (κ3) is 6.37. The van der Waals surface area contributed by atoms with E-state index in [0.29, 0.717) is 43.5 Å². The van der Waals surface area contributed by atoms with Crippen molar-refractivity contribution < 1.29 is 23.2 Å². The lowest BCUT2D eigenvalue weighted by molar-refractivity contribution is -0.129. The molecule has 1 unspecified atom stereocenters. The standard InChI is InChI=1S/C28H32FN3O4/c1-18(2)14-23(31-28(35)26-15-19-8-4-6-12-25(19)36-26)27(34)30-22-11-7-13-32(17-24(22)33)16-20-9-3-5-10-21(20)29/h3-6,8-10,12,15,18,22-23H,7,11,13-14,16-17H2,1-2H3,(H,30,34)(H,31,35)/t22?,23-/m0/s1. The summed E-state index contributed by atoms with van der Waals surface area (Å²) in [7, 11) is 0. The average molecular weight is 494 g/mol. The van der Waals surface area contributed by atoms with Crippen molar-refractivity contribution in [3.8, 4) is 0 Å². The molecule has 1 aromatic heterocycles. The molecule has 7 nitrogen and oxygen atoms in total. The summed E-state index contributed by atoms with van der Waals surface area (Å²) in [6.45, 7) is 5.02. The van der Waals surface area contributed by atoms with Gasteiger partial charge in [0.25, 0.3) is 5.91 Å². The Labute approximate surface area is 210 Å². The largest absolute Gasteiger partial charge is 0.451 e. The zero-order valence-corrected chi connectivity index (χ0v) is 20.6. The number of ketones is 1. The zero-order chi connectivity index (χ0) is 25.7. The van der Waals surface area contributed by atoms with E-state index in [4.69, 9.17) is 4.42 Å². The van der Waals surface area contributed by atoms with E-state index >= 15 is 0 Å². The maximum atomic E-state index is 14.1. The molecule has 2 heterocycles. The van der Waals surface area contributed by atoms with Gasteiger partial charge in [-0.3, -0.25) is 19.3 Å². The van der Waals surface area contributed by atoms with Crippen LogP contribution in [0.15, 0.2) is 59.0 Å². The molecule has 0 saturated carbocycles. The van der Waals surface area contributed by atoms with Gasteiger partial charge in [0.05, 0.1) is 12.6 Å². The van der Waals surface area contributed by atoms with Crippen LogP contribution in [0, 0.1) is 11.7 Å². The normalized spacial score (nSPS) is 17.7. The molecule has 1 fully saturated rings. The van der Waals surface area contributed by atoms with Crippen molar-refractivity contribution in [3.05, 3.63) is 71.7 Å². The molecule has 4 rings (SSSR count). The van der Waals surface area contributed by atoms with Crippen molar-refractivity contribution >= 4 is 28.6 Å². The Kier molecular flexibility index (Phi) is 8.15. The summed E-state index contributed by atoms with van der Waals surface area (Å²) >= 11 is 0. The zero-order valence-electron chi connectivity index (χ0n) is 20.6. The Balaban J connectivity index is 1.39. The number of likely N-dealkylation sites (tertiary alicyclic amines) is 1. The van der Waals surface area contributed by atoms with Crippen molar-refractivity contribution in [1.82, 2.24) is 15.5 Å². The molecule has 8 heteroatoms. The van der Waals surface area contributed by atoms with Crippen LogP contribution >= 0.6 is 0 Å². The van der Waals surface area contributed by atoms with E-state index in [1.54, 1.807) is 30.3 Å². The molecule has 0 aliphatic carbocycles. The quantitative estimate of drug-likeness (QED) is 0.494. The third-order valence-electron chi connectivity index (χ3n) is 6.38. The predicted octanol–water partition coefficient (Wildman–Crippen LogP) is 4.07. The number of halogens is 1. The molecular formula is C28H32FN3O4. The Morgan fingerprint density at radius 3 is 2.64 bits per heavy atom. The van der Waals surface area contributed by atoms with Gasteiger partial charge in [-0.15, -0.1) is 0 Å². The lowest BCUT2D eigenvalue weighted by atomic mass is 10.0. The summed E-state index contributed by atoms with van der Waals surface area (Å²) in [6, 6.07) is 14.0. The summed E-state index contributed by atoms with van der Waals surface area (Å²) in [5.41, 5.74) is 1.13. The molecule has 2 N–H and O–H groups in total. The highest BCUT2D eigenvalue weighted by atomic mass is 19.1. The van der Waals surface area contributed by atoms with E-state index in [2.05, 4.69) is 10.6 Å². The fourth-order valence-corrected chi connectivity index (χ4v) is 4.54. The van der Waals surface area contributed by atoms with Gasteiger partial charge >= 0.3 is 0 Å². The van der Waals surface area contributed by atoms with Gasteiger partial charge in [0, 0.05) is 17.5 Å². The summed E-state index contributed by atoms with van der Waals surface area (Å²) in [5, 5.41) is 6.45. The number of carbonyl (C=O) groups excluding carboxylic acids is 3. The van der Waals surface area contributed by atoms with Gasteiger partial charge < -0.3 is 15.1 Å². The predicted molar refractivity (Wildman–Crippen MR) is 135 cm³/mol. The minimum atomic E-state index is -0.809. The lowest BCUT2D eigenvalue weighted by Crippen LogP contribution is -2.52. The summed E-state index contributed by atoms with van der Waals surface area (Å²) in [6.07, 6.45) is 1.59. The smallest absolute Gasteiger partial charge is 0.287 e. The fourth-order valence-electron chi connectivity index (χ4n) is 4.54. The van der Waals surface area contributed by atoms with E-state index < -0.39 is 23.9 Å². The summed E-state index contributed by atoms with van der Waals surface area (Å²) in [5.74, 6) is -1.02. The minimum Gasteiger partial charge on any atom is -0.451 e. The summed E-state index contributed by atoms with van der Waals surface area (Å²) in [4.78, 5) is 40.9. The molecule has 3 aromatic rings. The van der Waals surface area contributed by atoms with Crippen molar-refractivity contribution in [2.45, 2.75) is 51.7 Å². The highest BCUT2D eigenvalue weighted by Gasteiger charge is 2.30. The molecule has 2 aromatic carbocycles. The molecular weight excluding hydrogens is 461 g/mol. The Bertz CT molecular complexity index is 1210. The van der Waals surface area contributed by atoms with Gasteiger partial charge in [0.2, 0.25) is 5.91 Å². The molecule has 0 radical (unpaired) electrons. The number of para-hydroxylation sites is 1. The van der Waals surface area contributed by atoms with Gasteiger partial charge in [-0.1, -0.05) is 50.2 Å². The number of hydrogen-bond acceptors (Lipinski definition) is 5. The monoisotopic (exact) mass is 493 g/mol. The molecule has 0 bridgehead atoms. The van der Waals surface area contributed by atoms with Crippen molar-refractivity contribution in [2.75, 3.05) is 13.1 Å². The molecule has 2 atom stereocenters. The number of furan rings is 1. The van der Waals surface area contributed by atoms with Crippen LogP contribution in [0.3, 0.4) is 0 Å². The van der Waals surface area contributed by atoms with E-state index in [1.165, 1.54) is 6.07 Å². The van der Waals surface area contributed by atoms with Crippen molar-refractivity contribution in [2.24, 2.45) is 5.92 Å². The van der Waals surface area contributed by atoms with E-state index in [1.807, 2.05) is 36.9 Å². The van der Waals surface area contributed by atoms with Gasteiger partial charge in [0.15, 0.2) is 11.5 Å². The Hall–Kier alpha value is -3.52. The number of amides is 2. The first-order chi connectivity index (χ1) is 17.3. The number of rotatable bonds is 8. The fraction of sp³-hybridized carbons (Fsp3) is 0.393. The topological polar surface area (TPSA) is 91.7 Å². The van der Waals surface area contributed by atoms with Crippen LogP contribution in [0.1, 0.15) is 49.2 Å². The third-order valence-corrected chi connectivity index (χ3v) is 6.38. The van der Waals surface area contributed by atoms with Crippen LogP contribution in [0.2, 0.25) is 0 Å². The number of hydrogen-bond donors (Lipinski definition) is 2. The summed E-state index contributed by atoms with van der Waals surface area (Å²) < 4.78 is 19.7. The second-order valence-corrected chi connectivity index (χ2v) is 9.78. The SMILES string of the molecule is CC(C)C[C@H](NC(=O)c1cc2ccccc2o1)C(=O)NC1CCCN(Cc2ccccc2F)CC1=O. The van der Waals surface area contributed by atoms with Gasteiger partial charge in [-0.25, -0.2) is 4.39 Å². The molecule has 0 spiro atoms. The first kappa shape index (κ1) is 25.6. The number of carbonyl (C=O) groups is 3. The highest BCUT2D eigenvalue weighted by Crippen LogP contribution is 2.19. The van der Waals surface area contributed by atoms with Gasteiger partial charge in [-0.2, -0.15) is 0 Å². The van der Waals surface area contributed by atoms with Crippen LogP contribution < -0.4 is 10.6 Å². The minimum absolute atomic E-state index is 0.121. The van der Waals surface area contributed by atoms with Crippen LogP contribution in [-0.4, -0.2) is 47.7 Å². The maximum absolute atomic E-state index is 14.1. The van der Waals surface area contributed by atoms with Crippen molar-refractivity contribution in [3.63, 3.8) is 0 Å². The second-order valence-electron chi connectivity index (χ2n) is 9.78. The number of nitrogens with one attached hydrogen (secondary N) is 2. The molecule has 190 valence electrons. The molecule has 1 aliphatic heterocycles. The first-order valence-corrected chi connectivity index (χ1v) is 12.4. The molecule has 36 heavy (non-hydrogen) atoms. The van der Waals surface area contributed by atoms with Crippen LogP contribution in [0.4, 0.5) is 4.39 Å². The van der Waals surface area contributed by atoms with E-state index in [9.17, 15) is 18.8 Å². The number of benzene rings is 2. The molecule has 1 saturated heterocycles. The Morgan fingerprint density at radius 1 is 1.14 bits per heavy atom. The first-order valence-electron chi connectivity index (χ1n) is 12.4. The van der Waals surface area contributed by atoms with Crippen LogP contribution in [-0.2, 0) is 16.1 Å². The van der Waals surface area contributed by atoms with Crippen LogP contribution in [0.5, 0.6) is 0 Å². The van der Waals surface area contributed by atoms with E-state index in [0.717, 1.165) is 5.39 Å².